The molecule has 1 aromatic rings. The van der Waals surface area contributed by atoms with Gasteiger partial charge in [0, 0.05) is 25.2 Å². The first kappa shape index (κ1) is 13.6. The van der Waals surface area contributed by atoms with Crippen LogP contribution in [0.5, 0.6) is 0 Å². The first-order valence-electron chi connectivity index (χ1n) is 8.60. The molecular formula is C18H25FN2. The van der Waals surface area contributed by atoms with Crippen molar-refractivity contribution in [3.05, 3.63) is 29.6 Å². The first-order valence-corrected chi connectivity index (χ1v) is 8.60. The van der Waals surface area contributed by atoms with Crippen molar-refractivity contribution in [3.63, 3.8) is 0 Å². The summed E-state index contributed by atoms with van der Waals surface area (Å²) in [6.45, 7) is 1.83. The molecule has 21 heavy (non-hydrogen) atoms. The summed E-state index contributed by atoms with van der Waals surface area (Å²) < 4.78 is 14.6. The number of hydrogen-bond donors (Lipinski definition) is 1. The topological polar surface area (TPSA) is 15.3 Å². The summed E-state index contributed by atoms with van der Waals surface area (Å²) in [5.74, 6) is 0.770. The van der Waals surface area contributed by atoms with Crippen molar-refractivity contribution in [2.45, 2.75) is 63.6 Å². The van der Waals surface area contributed by atoms with E-state index in [4.69, 9.17) is 0 Å². The lowest BCUT2D eigenvalue weighted by Crippen LogP contribution is -2.43. The molecule has 0 bridgehead atoms. The van der Waals surface area contributed by atoms with E-state index in [-0.39, 0.29) is 5.82 Å². The minimum absolute atomic E-state index is 0.0300. The van der Waals surface area contributed by atoms with Crippen molar-refractivity contribution in [1.82, 2.24) is 5.32 Å². The monoisotopic (exact) mass is 288 g/mol. The second-order valence-electron chi connectivity index (χ2n) is 7.03. The molecule has 2 aliphatic carbocycles. The maximum absolute atomic E-state index is 14.6. The molecule has 3 aliphatic rings. The Balaban J connectivity index is 1.50. The molecule has 0 amide bonds. The fourth-order valence-corrected chi connectivity index (χ4v) is 4.20. The summed E-state index contributed by atoms with van der Waals surface area (Å²) in [5, 5.41) is 3.46. The van der Waals surface area contributed by atoms with Gasteiger partial charge >= 0.3 is 0 Å². The molecule has 114 valence electrons. The molecule has 4 rings (SSSR count). The third-order valence-corrected chi connectivity index (χ3v) is 5.49. The smallest absolute Gasteiger partial charge is 0.146 e. The number of benzene rings is 1. The molecule has 3 heteroatoms. The predicted molar refractivity (Wildman–Crippen MR) is 84.0 cm³/mol. The van der Waals surface area contributed by atoms with Gasteiger partial charge in [-0.1, -0.05) is 12.5 Å². The minimum atomic E-state index is -0.0300. The summed E-state index contributed by atoms with van der Waals surface area (Å²) >= 11 is 0. The number of nitrogens with zero attached hydrogens (tertiary/aromatic N) is 1. The van der Waals surface area contributed by atoms with Gasteiger partial charge in [-0.2, -0.15) is 0 Å². The van der Waals surface area contributed by atoms with Gasteiger partial charge in [-0.25, -0.2) is 4.39 Å². The predicted octanol–water partition coefficient (Wildman–Crippen LogP) is 3.85. The fraction of sp³-hybridized carbons (Fsp3) is 0.667. The third-order valence-electron chi connectivity index (χ3n) is 5.49. The fourth-order valence-electron chi connectivity index (χ4n) is 4.20. The third kappa shape index (κ3) is 2.80. The summed E-state index contributed by atoms with van der Waals surface area (Å²) in [6, 6.07) is 7.12. The van der Waals surface area contributed by atoms with E-state index in [0.717, 1.165) is 30.3 Å². The molecule has 0 radical (unpaired) electrons. The van der Waals surface area contributed by atoms with Crippen LogP contribution in [-0.2, 0) is 6.54 Å². The average molecular weight is 288 g/mol. The Morgan fingerprint density at radius 2 is 1.95 bits per heavy atom. The highest BCUT2D eigenvalue weighted by Gasteiger charge is 2.35. The normalized spacial score (nSPS) is 28.7. The number of rotatable bonds is 4. The Morgan fingerprint density at radius 1 is 1.10 bits per heavy atom. The molecular weight excluding hydrogens is 263 g/mol. The maximum atomic E-state index is 14.6. The van der Waals surface area contributed by atoms with Crippen LogP contribution in [-0.4, -0.2) is 18.6 Å². The Labute approximate surface area is 126 Å². The van der Waals surface area contributed by atoms with Gasteiger partial charge in [-0.3, -0.25) is 0 Å². The van der Waals surface area contributed by atoms with Crippen LogP contribution in [0.25, 0.3) is 0 Å². The molecule has 2 atom stereocenters. The standard InChI is InChI=1S/C18H25FN2/c19-16-11-13(12-20-15-7-8-15)6-9-18(16)21-10-2-4-14-3-1-5-17(14)21/h6,9,11,14-15,17,20H,1-5,7-8,10,12H2. The quantitative estimate of drug-likeness (QED) is 0.905. The van der Waals surface area contributed by atoms with E-state index in [0.29, 0.717) is 12.1 Å². The molecule has 1 N–H and O–H groups in total. The molecule has 0 spiro atoms. The van der Waals surface area contributed by atoms with Crippen molar-refractivity contribution in [3.8, 4) is 0 Å². The molecule has 1 saturated heterocycles. The molecule has 0 aromatic heterocycles. The van der Waals surface area contributed by atoms with Crippen LogP contribution < -0.4 is 10.2 Å². The lowest BCUT2D eigenvalue weighted by molar-refractivity contribution is 0.359. The van der Waals surface area contributed by atoms with E-state index in [1.807, 2.05) is 6.07 Å². The van der Waals surface area contributed by atoms with Crippen molar-refractivity contribution >= 4 is 5.69 Å². The van der Waals surface area contributed by atoms with Crippen LogP contribution in [0.4, 0.5) is 10.1 Å². The van der Waals surface area contributed by atoms with Crippen LogP contribution in [0.2, 0.25) is 0 Å². The zero-order chi connectivity index (χ0) is 14.2. The van der Waals surface area contributed by atoms with Gasteiger partial charge in [0.25, 0.3) is 0 Å². The highest BCUT2D eigenvalue weighted by molar-refractivity contribution is 5.51. The van der Waals surface area contributed by atoms with Crippen molar-refractivity contribution in [2.24, 2.45) is 5.92 Å². The molecule has 2 saturated carbocycles. The lowest BCUT2D eigenvalue weighted by Gasteiger charge is -2.39. The van der Waals surface area contributed by atoms with Crippen LogP contribution in [0.15, 0.2) is 18.2 Å². The van der Waals surface area contributed by atoms with E-state index >= 15 is 0 Å². The van der Waals surface area contributed by atoms with Gasteiger partial charge in [0.15, 0.2) is 0 Å². The largest absolute Gasteiger partial charge is 0.366 e. The van der Waals surface area contributed by atoms with E-state index in [1.54, 1.807) is 6.07 Å². The number of hydrogen-bond acceptors (Lipinski definition) is 2. The van der Waals surface area contributed by atoms with Crippen LogP contribution in [0.1, 0.15) is 50.5 Å². The minimum Gasteiger partial charge on any atom is -0.366 e. The number of halogens is 1. The van der Waals surface area contributed by atoms with Gasteiger partial charge in [0.2, 0.25) is 0 Å². The van der Waals surface area contributed by atoms with Crippen molar-refractivity contribution in [2.75, 3.05) is 11.4 Å². The molecule has 2 nitrogen and oxygen atoms in total. The first-order chi connectivity index (χ1) is 10.3. The highest BCUT2D eigenvalue weighted by Crippen LogP contribution is 2.39. The van der Waals surface area contributed by atoms with E-state index in [1.165, 1.54) is 44.9 Å². The van der Waals surface area contributed by atoms with Crippen molar-refractivity contribution < 1.29 is 4.39 Å². The van der Waals surface area contributed by atoms with Gasteiger partial charge in [-0.05, 0) is 62.1 Å². The molecule has 1 aliphatic heterocycles. The number of fused-ring (bicyclic) bond motifs is 1. The van der Waals surface area contributed by atoms with E-state index in [9.17, 15) is 4.39 Å². The second kappa shape index (κ2) is 5.60. The number of piperidine rings is 1. The van der Waals surface area contributed by atoms with Gasteiger partial charge in [0.1, 0.15) is 5.82 Å². The summed E-state index contributed by atoms with van der Waals surface area (Å²) in [4.78, 5) is 2.36. The summed E-state index contributed by atoms with van der Waals surface area (Å²) in [6.07, 6.45) is 9.00. The molecule has 3 fully saturated rings. The Hall–Kier alpha value is -1.09. The molecule has 1 aromatic carbocycles. The van der Waals surface area contributed by atoms with Crippen LogP contribution >= 0.6 is 0 Å². The summed E-state index contributed by atoms with van der Waals surface area (Å²) in [7, 11) is 0. The Kier molecular flexibility index (Phi) is 3.62. The van der Waals surface area contributed by atoms with Crippen LogP contribution in [0, 0.1) is 11.7 Å². The zero-order valence-electron chi connectivity index (χ0n) is 12.7. The Bertz CT molecular complexity index is 512. The maximum Gasteiger partial charge on any atom is 0.146 e. The summed E-state index contributed by atoms with van der Waals surface area (Å²) in [5.41, 5.74) is 1.91. The van der Waals surface area contributed by atoms with Gasteiger partial charge < -0.3 is 10.2 Å². The average Bonchev–Trinajstić information content (AvgIpc) is 3.20. The molecule has 2 unspecified atom stereocenters. The lowest BCUT2D eigenvalue weighted by atomic mass is 9.91. The SMILES string of the molecule is Fc1cc(CNC2CC2)ccc1N1CCCC2CCCC21. The Morgan fingerprint density at radius 3 is 2.76 bits per heavy atom. The van der Waals surface area contributed by atoms with E-state index in [2.05, 4.69) is 16.3 Å². The number of nitrogens with one attached hydrogen (secondary N) is 1. The zero-order valence-corrected chi connectivity index (χ0v) is 12.7. The van der Waals surface area contributed by atoms with Gasteiger partial charge in [0.05, 0.1) is 5.69 Å². The van der Waals surface area contributed by atoms with Gasteiger partial charge in [-0.15, -0.1) is 0 Å². The molecule has 1 heterocycles. The van der Waals surface area contributed by atoms with E-state index < -0.39 is 0 Å². The van der Waals surface area contributed by atoms with Crippen LogP contribution in [0.3, 0.4) is 0 Å². The number of anilines is 1. The van der Waals surface area contributed by atoms with Crippen molar-refractivity contribution in [1.29, 1.82) is 0 Å². The second-order valence-corrected chi connectivity index (χ2v) is 7.03. The highest BCUT2D eigenvalue weighted by atomic mass is 19.1.